The van der Waals surface area contributed by atoms with Crippen molar-refractivity contribution in [1.82, 2.24) is 34.7 Å². The molecule has 10 nitrogen and oxygen atoms in total. The number of hydrogen-bond acceptors (Lipinski definition) is 7. The van der Waals surface area contributed by atoms with Crippen LogP contribution in [0.4, 0.5) is 23.2 Å². The molecule has 220 valence electrons. The van der Waals surface area contributed by atoms with Crippen LogP contribution < -0.4 is 10.6 Å². The molecule has 1 aromatic carbocycles. The van der Waals surface area contributed by atoms with E-state index in [-0.39, 0.29) is 36.5 Å². The first-order valence-electron chi connectivity index (χ1n) is 13.3. The number of alkyl halides is 4. The summed E-state index contributed by atoms with van der Waals surface area (Å²) in [5.74, 6) is -0.431. The zero-order chi connectivity index (χ0) is 29.5. The van der Waals surface area contributed by atoms with Gasteiger partial charge in [0.2, 0.25) is 11.7 Å². The van der Waals surface area contributed by atoms with E-state index < -0.39 is 30.8 Å². The molecule has 0 saturated carbocycles. The molecule has 1 fully saturated rings. The molecule has 5 rings (SSSR count). The molecular formula is C27H32F4N8O2. The Morgan fingerprint density at radius 1 is 1.27 bits per heavy atom. The van der Waals surface area contributed by atoms with E-state index in [1.165, 1.54) is 0 Å². The number of carbonyl (C=O) groups is 1. The van der Waals surface area contributed by atoms with E-state index in [1.54, 1.807) is 42.1 Å². The summed E-state index contributed by atoms with van der Waals surface area (Å²) < 4.78 is 63.7. The highest BCUT2D eigenvalue weighted by Crippen LogP contribution is 2.35. The molecule has 2 N–H and O–H groups in total. The number of aromatic nitrogens is 5. The lowest BCUT2D eigenvalue weighted by Crippen LogP contribution is -2.46. The minimum absolute atomic E-state index is 0.0241. The van der Waals surface area contributed by atoms with Crippen LogP contribution in [-0.2, 0) is 13.1 Å². The summed E-state index contributed by atoms with van der Waals surface area (Å²) in [6.45, 7) is 5.18. The van der Waals surface area contributed by atoms with Crippen molar-refractivity contribution in [1.29, 1.82) is 0 Å². The van der Waals surface area contributed by atoms with E-state index in [0.29, 0.717) is 40.8 Å². The molecule has 3 aromatic heterocycles. The molecule has 1 saturated heterocycles. The number of piperidine rings is 1. The normalized spacial score (nSPS) is 18.4. The van der Waals surface area contributed by atoms with Crippen LogP contribution in [-0.4, -0.2) is 73.8 Å². The Bertz CT molecular complexity index is 1540. The molecule has 0 unspecified atom stereocenters. The van der Waals surface area contributed by atoms with E-state index in [0.717, 1.165) is 4.57 Å². The molecule has 14 heteroatoms. The topological polar surface area (TPSA) is 106 Å². The van der Waals surface area contributed by atoms with Crippen molar-refractivity contribution in [3.63, 3.8) is 0 Å². The summed E-state index contributed by atoms with van der Waals surface area (Å²) >= 11 is 0. The molecule has 0 spiro atoms. The molecule has 0 radical (unpaired) electrons. The number of rotatable bonds is 8. The zero-order valence-corrected chi connectivity index (χ0v) is 23.2. The van der Waals surface area contributed by atoms with E-state index in [9.17, 15) is 22.4 Å². The Hall–Kier alpha value is -3.94. The van der Waals surface area contributed by atoms with E-state index >= 15 is 0 Å². The van der Waals surface area contributed by atoms with Gasteiger partial charge in [-0.1, -0.05) is 11.2 Å². The van der Waals surface area contributed by atoms with Gasteiger partial charge in [0, 0.05) is 36.4 Å². The number of hydrogen-bond donors (Lipinski definition) is 2. The van der Waals surface area contributed by atoms with Gasteiger partial charge < -0.3 is 24.6 Å². The molecule has 1 aliphatic heterocycles. The summed E-state index contributed by atoms with van der Waals surface area (Å²) in [7, 11) is 1.85. The first kappa shape index (κ1) is 28.6. The SMILES string of the molecule is Cc1nn(C(C)C)cc1C(=O)NCc1nc(-c2cc3c(N[C@@H]4CCN(C)C[C@@H]4F)cccc3n2CC(F)(F)F)no1. The van der Waals surface area contributed by atoms with Gasteiger partial charge >= 0.3 is 6.18 Å². The van der Waals surface area contributed by atoms with Gasteiger partial charge in [0.15, 0.2) is 0 Å². The number of nitrogens with one attached hydrogen (secondary N) is 2. The van der Waals surface area contributed by atoms with Crippen molar-refractivity contribution < 1.29 is 26.9 Å². The van der Waals surface area contributed by atoms with Crippen molar-refractivity contribution in [3.05, 3.63) is 47.6 Å². The molecule has 1 amide bonds. The molecular weight excluding hydrogens is 544 g/mol. The summed E-state index contributed by atoms with van der Waals surface area (Å²) in [5.41, 5.74) is 1.85. The number of carbonyl (C=O) groups excluding carboxylic acids is 1. The van der Waals surface area contributed by atoms with Crippen LogP contribution in [0, 0.1) is 6.92 Å². The highest BCUT2D eigenvalue weighted by Gasteiger charge is 2.32. The number of halogens is 4. The van der Waals surface area contributed by atoms with Crippen molar-refractivity contribution in [2.24, 2.45) is 0 Å². The maximum absolute atomic E-state index is 14.7. The minimum atomic E-state index is -4.53. The third-order valence-electron chi connectivity index (χ3n) is 7.16. The summed E-state index contributed by atoms with van der Waals surface area (Å²) in [4.78, 5) is 18.9. The smallest absolute Gasteiger partial charge is 0.379 e. The Kier molecular flexibility index (Phi) is 7.77. The van der Waals surface area contributed by atoms with Crippen LogP contribution in [0.25, 0.3) is 22.4 Å². The first-order valence-corrected chi connectivity index (χ1v) is 13.3. The molecule has 0 aliphatic carbocycles. The van der Waals surface area contributed by atoms with Gasteiger partial charge in [-0.3, -0.25) is 9.48 Å². The number of benzene rings is 1. The van der Waals surface area contributed by atoms with Gasteiger partial charge in [-0.15, -0.1) is 0 Å². The summed E-state index contributed by atoms with van der Waals surface area (Å²) in [6.07, 6.45) is -3.45. The predicted molar refractivity (Wildman–Crippen MR) is 144 cm³/mol. The van der Waals surface area contributed by atoms with Crippen molar-refractivity contribution in [3.8, 4) is 11.5 Å². The second-order valence-electron chi connectivity index (χ2n) is 10.7. The number of nitrogens with zero attached hydrogens (tertiary/aromatic N) is 6. The third-order valence-corrected chi connectivity index (χ3v) is 7.16. The summed E-state index contributed by atoms with van der Waals surface area (Å²) in [6, 6.07) is 6.07. The number of amides is 1. The lowest BCUT2D eigenvalue weighted by Gasteiger charge is -2.33. The lowest BCUT2D eigenvalue weighted by atomic mass is 10.0. The Morgan fingerprint density at radius 3 is 2.73 bits per heavy atom. The standard InChI is InChI=1S/C27H32F4N8O2/c1-15(2)39-12-18(16(3)35-39)26(40)32-11-24-34-25(36-41-24)23-10-17-20(33-21-8-9-37(4)13-19(21)28)6-5-7-22(17)38(23)14-27(29,30)31/h5-7,10,12,15,19,21,33H,8-9,11,13-14H2,1-4H3,(H,32,40)/t19-,21+/m0/s1. The van der Waals surface area contributed by atoms with Crippen LogP contribution in [0.3, 0.4) is 0 Å². The second-order valence-corrected chi connectivity index (χ2v) is 10.7. The average molecular weight is 577 g/mol. The minimum Gasteiger partial charge on any atom is -0.379 e. The predicted octanol–water partition coefficient (Wildman–Crippen LogP) is 4.72. The van der Waals surface area contributed by atoms with Crippen molar-refractivity contribution in [2.75, 3.05) is 25.5 Å². The monoisotopic (exact) mass is 576 g/mol. The Labute approximate surface area is 233 Å². The molecule has 4 aromatic rings. The average Bonchev–Trinajstić information content (AvgIpc) is 3.61. The zero-order valence-electron chi connectivity index (χ0n) is 23.2. The van der Waals surface area contributed by atoms with Crippen LogP contribution in [0.2, 0.25) is 0 Å². The maximum Gasteiger partial charge on any atom is 0.406 e. The lowest BCUT2D eigenvalue weighted by molar-refractivity contribution is -0.139. The van der Waals surface area contributed by atoms with Gasteiger partial charge in [-0.05, 0) is 52.4 Å². The van der Waals surface area contributed by atoms with Crippen molar-refractivity contribution in [2.45, 2.75) is 64.7 Å². The molecule has 41 heavy (non-hydrogen) atoms. The fourth-order valence-electron chi connectivity index (χ4n) is 5.02. The van der Waals surface area contributed by atoms with Crippen molar-refractivity contribution >= 4 is 22.5 Å². The third kappa shape index (κ3) is 6.21. The largest absolute Gasteiger partial charge is 0.406 e. The van der Waals surface area contributed by atoms with Crippen LogP contribution in [0.1, 0.15) is 48.3 Å². The molecule has 0 bridgehead atoms. The molecule has 4 heterocycles. The quantitative estimate of drug-likeness (QED) is 0.293. The van der Waals surface area contributed by atoms with Gasteiger partial charge in [0.1, 0.15) is 12.7 Å². The van der Waals surface area contributed by atoms with Crippen LogP contribution in [0.15, 0.2) is 35.0 Å². The first-order chi connectivity index (χ1) is 19.4. The van der Waals surface area contributed by atoms with E-state index in [4.69, 9.17) is 4.52 Å². The summed E-state index contributed by atoms with van der Waals surface area (Å²) in [5, 5.41) is 14.6. The van der Waals surface area contributed by atoms with Gasteiger partial charge in [-0.2, -0.15) is 23.3 Å². The highest BCUT2D eigenvalue weighted by molar-refractivity contribution is 5.96. The second kappa shape index (κ2) is 11.1. The number of likely N-dealkylation sites (tertiary alicyclic amines) is 1. The van der Waals surface area contributed by atoms with E-state index in [1.807, 2.05) is 25.8 Å². The molecule has 1 aliphatic rings. The molecule has 2 atom stereocenters. The van der Waals surface area contributed by atoms with Crippen LogP contribution >= 0.6 is 0 Å². The fraction of sp³-hybridized carbons (Fsp3) is 0.481. The Balaban J connectivity index is 1.41. The number of fused-ring (bicyclic) bond motifs is 1. The van der Waals surface area contributed by atoms with E-state index in [2.05, 4.69) is 25.9 Å². The van der Waals surface area contributed by atoms with Gasteiger partial charge in [0.25, 0.3) is 5.91 Å². The van der Waals surface area contributed by atoms with Gasteiger partial charge in [0.05, 0.1) is 35.1 Å². The fourth-order valence-corrected chi connectivity index (χ4v) is 5.02. The van der Waals surface area contributed by atoms with Gasteiger partial charge in [-0.25, -0.2) is 4.39 Å². The highest BCUT2D eigenvalue weighted by atomic mass is 19.4. The number of aryl methyl sites for hydroxylation is 1. The Morgan fingerprint density at radius 2 is 2.05 bits per heavy atom. The van der Waals surface area contributed by atoms with Crippen LogP contribution in [0.5, 0.6) is 0 Å². The number of anilines is 1. The maximum atomic E-state index is 14.7.